The summed E-state index contributed by atoms with van der Waals surface area (Å²) >= 11 is 1.84. The summed E-state index contributed by atoms with van der Waals surface area (Å²) in [5, 5.41) is 10.2. The van der Waals surface area contributed by atoms with E-state index in [2.05, 4.69) is 158 Å². The Bertz CT molecular complexity index is 3160. The third-order valence-corrected chi connectivity index (χ3v) is 11.2. The molecular formula is C46H26N2OS. The highest BCUT2D eigenvalue weighted by molar-refractivity contribution is 7.25. The number of hydrogen-bond acceptors (Lipinski definition) is 4. The fourth-order valence-corrected chi connectivity index (χ4v) is 8.78. The fraction of sp³-hybridized carbons (Fsp3) is 0. The Labute approximate surface area is 290 Å². The third-order valence-electron chi connectivity index (χ3n) is 10.1. The molecule has 232 valence electrons. The van der Waals surface area contributed by atoms with Crippen LogP contribution in [0.2, 0.25) is 0 Å². The molecule has 0 unspecified atom stereocenters. The Kier molecular flexibility index (Phi) is 5.83. The quantitative estimate of drug-likeness (QED) is 0.190. The molecule has 0 saturated heterocycles. The Hall–Kier alpha value is -6.36. The normalized spacial score (nSPS) is 12.0. The molecule has 3 aromatic heterocycles. The zero-order valence-electron chi connectivity index (χ0n) is 26.7. The van der Waals surface area contributed by atoms with Crippen LogP contribution in [-0.4, -0.2) is 9.97 Å². The van der Waals surface area contributed by atoms with E-state index < -0.39 is 0 Å². The van der Waals surface area contributed by atoms with E-state index >= 15 is 0 Å². The van der Waals surface area contributed by atoms with Gasteiger partial charge in [0, 0.05) is 47.5 Å². The SMILES string of the molecule is c1cc(-c2ccc3sc4ccccc4c3c2)cc(-c2nc(-c3cccc4ccccc34)c3ccc4oc5c6ccccc6ccc5c4c3n2)c1. The van der Waals surface area contributed by atoms with Crippen molar-refractivity contribution in [2.45, 2.75) is 0 Å². The van der Waals surface area contributed by atoms with Gasteiger partial charge in [-0.15, -0.1) is 11.3 Å². The molecule has 3 heterocycles. The Morgan fingerprint density at radius 3 is 2.06 bits per heavy atom. The second-order valence-electron chi connectivity index (χ2n) is 12.9. The molecule has 0 aliphatic heterocycles. The third kappa shape index (κ3) is 4.09. The maximum absolute atomic E-state index is 6.61. The van der Waals surface area contributed by atoms with E-state index in [9.17, 15) is 0 Å². The van der Waals surface area contributed by atoms with Gasteiger partial charge >= 0.3 is 0 Å². The topological polar surface area (TPSA) is 38.9 Å². The second-order valence-corrected chi connectivity index (χ2v) is 14.0. The van der Waals surface area contributed by atoms with Gasteiger partial charge in [0.2, 0.25) is 0 Å². The number of aromatic nitrogens is 2. The molecule has 0 aliphatic rings. The molecule has 0 bridgehead atoms. The largest absolute Gasteiger partial charge is 0.455 e. The average molecular weight is 655 g/mol. The van der Waals surface area contributed by atoms with Crippen molar-refractivity contribution in [3.8, 4) is 33.8 Å². The molecule has 0 aliphatic carbocycles. The lowest BCUT2D eigenvalue weighted by Crippen LogP contribution is -1.96. The van der Waals surface area contributed by atoms with Crippen molar-refractivity contribution in [1.29, 1.82) is 0 Å². The maximum Gasteiger partial charge on any atom is 0.160 e. The summed E-state index contributed by atoms with van der Waals surface area (Å²) in [6.07, 6.45) is 0. The van der Waals surface area contributed by atoms with E-state index in [-0.39, 0.29) is 0 Å². The zero-order chi connectivity index (χ0) is 32.8. The van der Waals surface area contributed by atoms with Crippen LogP contribution in [0.3, 0.4) is 0 Å². The first-order valence-corrected chi connectivity index (χ1v) is 17.6. The molecule has 0 fully saturated rings. The van der Waals surface area contributed by atoms with Crippen LogP contribution in [0.1, 0.15) is 0 Å². The summed E-state index contributed by atoms with van der Waals surface area (Å²) in [5.74, 6) is 0.687. The second kappa shape index (κ2) is 10.6. The first-order chi connectivity index (χ1) is 24.8. The molecule has 4 heteroatoms. The van der Waals surface area contributed by atoms with E-state index in [1.165, 1.54) is 31.1 Å². The molecule has 50 heavy (non-hydrogen) atoms. The van der Waals surface area contributed by atoms with Gasteiger partial charge in [0.1, 0.15) is 11.2 Å². The van der Waals surface area contributed by atoms with Crippen LogP contribution < -0.4 is 0 Å². The van der Waals surface area contributed by atoms with Crippen LogP contribution in [0.4, 0.5) is 0 Å². The van der Waals surface area contributed by atoms with Gasteiger partial charge in [-0.25, -0.2) is 9.97 Å². The molecule has 0 atom stereocenters. The predicted octanol–water partition coefficient (Wildman–Crippen LogP) is 13.2. The molecule has 11 rings (SSSR count). The smallest absolute Gasteiger partial charge is 0.160 e. The number of fused-ring (bicyclic) bond motifs is 11. The van der Waals surface area contributed by atoms with Crippen molar-refractivity contribution in [3.05, 3.63) is 158 Å². The molecule has 0 saturated carbocycles. The van der Waals surface area contributed by atoms with Crippen molar-refractivity contribution < 1.29 is 4.42 Å². The summed E-state index contributed by atoms with van der Waals surface area (Å²) < 4.78 is 9.22. The van der Waals surface area contributed by atoms with Gasteiger partial charge in [0.25, 0.3) is 0 Å². The fourth-order valence-electron chi connectivity index (χ4n) is 7.69. The van der Waals surface area contributed by atoms with Crippen molar-refractivity contribution >= 4 is 85.9 Å². The summed E-state index contributed by atoms with van der Waals surface area (Å²) in [5.41, 5.74) is 7.87. The number of furan rings is 1. The maximum atomic E-state index is 6.61. The van der Waals surface area contributed by atoms with Crippen LogP contribution in [0.5, 0.6) is 0 Å². The van der Waals surface area contributed by atoms with Gasteiger partial charge in [-0.1, -0.05) is 115 Å². The highest BCUT2D eigenvalue weighted by atomic mass is 32.1. The van der Waals surface area contributed by atoms with Gasteiger partial charge in [0.05, 0.1) is 16.6 Å². The molecule has 0 N–H and O–H groups in total. The first kappa shape index (κ1) is 27.6. The van der Waals surface area contributed by atoms with E-state index in [0.29, 0.717) is 5.82 Å². The first-order valence-electron chi connectivity index (χ1n) is 16.8. The molecule has 8 aromatic carbocycles. The lowest BCUT2D eigenvalue weighted by molar-refractivity contribution is 0.673. The lowest BCUT2D eigenvalue weighted by atomic mass is 9.97. The highest BCUT2D eigenvalue weighted by Gasteiger charge is 2.20. The van der Waals surface area contributed by atoms with Gasteiger partial charge < -0.3 is 4.42 Å². The number of benzene rings is 8. The molecular weight excluding hydrogens is 629 g/mol. The Morgan fingerprint density at radius 1 is 0.440 bits per heavy atom. The molecule has 0 spiro atoms. The minimum atomic E-state index is 0.687. The number of hydrogen-bond donors (Lipinski definition) is 0. The summed E-state index contributed by atoms with van der Waals surface area (Å²) in [6, 6.07) is 56.0. The van der Waals surface area contributed by atoms with Gasteiger partial charge in [-0.2, -0.15) is 0 Å². The lowest BCUT2D eigenvalue weighted by Gasteiger charge is -2.13. The van der Waals surface area contributed by atoms with E-state index in [0.717, 1.165) is 71.4 Å². The molecule has 0 radical (unpaired) electrons. The van der Waals surface area contributed by atoms with Gasteiger partial charge in [-0.05, 0) is 69.8 Å². The predicted molar refractivity (Wildman–Crippen MR) is 211 cm³/mol. The van der Waals surface area contributed by atoms with Gasteiger partial charge in [0.15, 0.2) is 5.82 Å². The van der Waals surface area contributed by atoms with Crippen molar-refractivity contribution in [1.82, 2.24) is 9.97 Å². The summed E-state index contributed by atoms with van der Waals surface area (Å²) in [7, 11) is 0. The van der Waals surface area contributed by atoms with E-state index in [1.54, 1.807) is 0 Å². The minimum Gasteiger partial charge on any atom is -0.455 e. The van der Waals surface area contributed by atoms with E-state index in [1.807, 2.05) is 11.3 Å². The number of thiophene rings is 1. The van der Waals surface area contributed by atoms with E-state index in [4.69, 9.17) is 14.4 Å². The molecule has 3 nitrogen and oxygen atoms in total. The molecule has 0 amide bonds. The van der Waals surface area contributed by atoms with Gasteiger partial charge in [-0.3, -0.25) is 0 Å². The van der Waals surface area contributed by atoms with Crippen molar-refractivity contribution in [2.24, 2.45) is 0 Å². The van der Waals surface area contributed by atoms with Crippen LogP contribution in [-0.2, 0) is 0 Å². The summed E-state index contributed by atoms with van der Waals surface area (Å²) in [4.78, 5) is 10.8. The zero-order valence-corrected chi connectivity index (χ0v) is 27.5. The van der Waals surface area contributed by atoms with Crippen LogP contribution >= 0.6 is 11.3 Å². The minimum absolute atomic E-state index is 0.687. The summed E-state index contributed by atoms with van der Waals surface area (Å²) in [6.45, 7) is 0. The average Bonchev–Trinajstić information content (AvgIpc) is 3.76. The van der Waals surface area contributed by atoms with Crippen LogP contribution in [0.25, 0.3) is 108 Å². The molecule has 11 aromatic rings. The number of nitrogens with zero attached hydrogens (tertiary/aromatic N) is 2. The Morgan fingerprint density at radius 2 is 1.14 bits per heavy atom. The number of rotatable bonds is 3. The van der Waals surface area contributed by atoms with Crippen molar-refractivity contribution in [2.75, 3.05) is 0 Å². The van der Waals surface area contributed by atoms with Crippen molar-refractivity contribution in [3.63, 3.8) is 0 Å². The Balaban J connectivity index is 1.19. The van der Waals surface area contributed by atoms with Crippen LogP contribution in [0.15, 0.2) is 162 Å². The van der Waals surface area contributed by atoms with Crippen LogP contribution in [0, 0.1) is 0 Å². The highest BCUT2D eigenvalue weighted by Crippen LogP contribution is 2.42. The monoisotopic (exact) mass is 654 g/mol. The standard InChI is InChI=1S/C46H26N2OS/c1-3-14-32-27(9-1)11-8-17-35(32)43-37-22-23-39-42(36-21-19-28-10-2-4-15-33(28)45(36)49-39)44(37)48-46(47-43)31-13-7-12-29(25-31)30-20-24-41-38(26-30)34-16-5-6-18-40(34)50-41/h1-26H.